The van der Waals surface area contributed by atoms with E-state index < -0.39 is 6.67 Å². The lowest BCUT2D eigenvalue weighted by molar-refractivity contribution is 0.504. The molecule has 54 valence electrons. The fourth-order valence-corrected chi connectivity index (χ4v) is 0.354. The molecule has 0 aromatic heterocycles. The number of alkyl halides is 1. The predicted molar refractivity (Wildman–Crippen MR) is 37.3 cm³/mol. The molecule has 2 nitrogen and oxygen atoms in total. The summed E-state index contributed by atoms with van der Waals surface area (Å²) in [4.78, 5) is 3.76. The summed E-state index contributed by atoms with van der Waals surface area (Å²) in [5.41, 5.74) is 5.39. The quantitative estimate of drug-likeness (QED) is 0.451. The molecule has 2 N–H and O–H groups in total. The van der Waals surface area contributed by atoms with Crippen LogP contribution < -0.4 is 5.73 Å². The Hall–Kier alpha value is -0.600. The van der Waals surface area contributed by atoms with Crippen LogP contribution in [0, 0.1) is 5.92 Å². The zero-order valence-corrected chi connectivity index (χ0v) is 5.89. The molecule has 0 atom stereocenters. The van der Waals surface area contributed by atoms with Gasteiger partial charge >= 0.3 is 0 Å². The van der Waals surface area contributed by atoms with E-state index in [2.05, 4.69) is 4.99 Å². The average Bonchev–Trinajstić information content (AvgIpc) is 1.82. The van der Waals surface area contributed by atoms with Gasteiger partial charge in [-0.25, -0.2) is 4.39 Å². The van der Waals surface area contributed by atoms with Crippen molar-refractivity contribution in [2.45, 2.75) is 13.8 Å². The van der Waals surface area contributed by atoms with Gasteiger partial charge in [0.05, 0.1) is 12.4 Å². The first-order chi connectivity index (χ1) is 4.18. The molecular weight excluding hydrogens is 119 g/mol. The minimum absolute atomic E-state index is 0.198. The van der Waals surface area contributed by atoms with Crippen molar-refractivity contribution in [1.29, 1.82) is 0 Å². The highest BCUT2D eigenvalue weighted by atomic mass is 19.1. The Morgan fingerprint density at radius 2 is 2.22 bits per heavy atom. The Bertz CT molecular complexity index is 99.2. The van der Waals surface area contributed by atoms with Crippen LogP contribution in [0.1, 0.15) is 13.8 Å². The first-order valence-electron chi connectivity index (χ1n) is 3.04. The molecule has 0 bridgehead atoms. The van der Waals surface area contributed by atoms with Gasteiger partial charge in [-0.05, 0) is 0 Å². The van der Waals surface area contributed by atoms with Gasteiger partial charge in [-0.2, -0.15) is 0 Å². The first kappa shape index (κ1) is 8.40. The highest BCUT2D eigenvalue weighted by molar-refractivity contribution is 5.82. The molecule has 0 spiro atoms. The number of aliphatic imine (C=N–C) groups is 1. The molecule has 3 heteroatoms. The van der Waals surface area contributed by atoms with E-state index in [4.69, 9.17) is 5.73 Å². The average molecular weight is 132 g/mol. The van der Waals surface area contributed by atoms with Gasteiger partial charge in [0.1, 0.15) is 6.67 Å². The van der Waals surface area contributed by atoms with E-state index in [1.165, 1.54) is 0 Å². The number of hydrogen-bond donors (Lipinski definition) is 1. The van der Waals surface area contributed by atoms with Crippen molar-refractivity contribution in [3.8, 4) is 0 Å². The lowest BCUT2D eigenvalue weighted by atomic mass is 10.2. The van der Waals surface area contributed by atoms with Crippen molar-refractivity contribution in [2.75, 3.05) is 13.2 Å². The van der Waals surface area contributed by atoms with Crippen molar-refractivity contribution < 1.29 is 4.39 Å². The molecular formula is C6H13FN2. The van der Waals surface area contributed by atoms with Crippen LogP contribution in [0.5, 0.6) is 0 Å². The summed E-state index contributed by atoms with van der Waals surface area (Å²) in [6.45, 7) is 3.63. The number of halogens is 1. The first-order valence-corrected chi connectivity index (χ1v) is 3.04. The number of hydrogen-bond acceptors (Lipinski definition) is 1. The van der Waals surface area contributed by atoms with E-state index in [0.29, 0.717) is 5.84 Å². The van der Waals surface area contributed by atoms with Crippen molar-refractivity contribution in [3.05, 3.63) is 0 Å². The number of nitrogens with zero attached hydrogens (tertiary/aromatic N) is 1. The number of amidine groups is 1. The fourth-order valence-electron chi connectivity index (χ4n) is 0.354. The molecule has 0 fully saturated rings. The molecule has 0 rings (SSSR count). The van der Waals surface area contributed by atoms with E-state index in [1.807, 2.05) is 13.8 Å². The second kappa shape index (κ2) is 4.30. The smallest absolute Gasteiger partial charge is 0.109 e. The van der Waals surface area contributed by atoms with Crippen molar-refractivity contribution in [1.82, 2.24) is 0 Å². The van der Waals surface area contributed by atoms with E-state index in [1.54, 1.807) is 0 Å². The second-order valence-electron chi connectivity index (χ2n) is 2.15. The minimum atomic E-state index is -0.423. The van der Waals surface area contributed by atoms with Gasteiger partial charge in [0, 0.05) is 5.92 Å². The summed E-state index contributed by atoms with van der Waals surface area (Å²) in [5.74, 6) is 0.768. The van der Waals surface area contributed by atoms with Crippen LogP contribution in [0.25, 0.3) is 0 Å². The monoisotopic (exact) mass is 132 g/mol. The summed E-state index contributed by atoms with van der Waals surface area (Å²) in [7, 11) is 0. The Kier molecular flexibility index (Phi) is 4.01. The molecule has 0 aromatic carbocycles. The van der Waals surface area contributed by atoms with Gasteiger partial charge in [0.2, 0.25) is 0 Å². The molecule has 0 amide bonds. The topological polar surface area (TPSA) is 38.4 Å². The number of rotatable bonds is 3. The van der Waals surface area contributed by atoms with Gasteiger partial charge in [-0.1, -0.05) is 13.8 Å². The van der Waals surface area contributed by atoms with Crippen LogP contribution in [0.4, 0.5) is 4.39 Å². The highest BCUT2D eigenvalue weighted by Crippen LogP contribution is 1.90. The Balaban J connectivity index is 3.55. The Labute approximate surface area is 55.0 Å². The summed E-state index contributed by atoms with van der Waals surface area (Å²) in [6.07, 6.45) is 0. The summed E-state index contributed by atoms with van der Waals surface area (Å²) >= 11 is 0. The minimum Gasteiger partial charge on any atom is -0.387 e. The van der Waals surface area contributed by atoms with Crippen molar-refractivity contribution in [2.24, 2.45) is 16.6 Å². The summed E-state index contributed by atoms with van der Waals surface area (Å²) < 4.78 is 11.5. The van der Waals surface area contributed by atoms with Gasteiger partial charge in [-0.3, -0.25) is 4.99 Å². The second-order valence-corrected chi connectivity index (χ2v) is 2.15. The van der Waals surface area contributed by atoms with E-state index in [9.17, 15) is 4.39 Å². The zero-order valence-electron chi connectivity index (χ0n) is 5.89. The maximum absolute atomic E-state index is 11.5. The van der Waals surface area contributed by atoms with Crippen LogP contribution in [0.2, 0.25) is 0 Å². The molecule has 9 heavy (non-hydrogen) atoms. The third kappa shape index (κ3) is 3.94. The molecule has 0 aliphatic heterocycles. The van der Waals surface area contributed by atoms with Crippen LogP contribution in [0.15, 0.2) is 4.99 Å². The zero-order chi connectivity index (χ0) is 7.28. The van der Waals surface area contributed by atoms with Crippen LogP contribution in [-0.2, 0) is 0 Å². The highest BCUT2D eigenvalue weighted by Gasteiger charge is 1.96. The van der Waals surface area contributed by atoms with Crippen molar-refractivity contribution >= 4 is 5.84 Å². The molecule has 0 radical (unpaired) electrons. The molecule has 0 saturated carbocycles. The Morgan fingerprint density at radius 1 is 1.67 bits per heavy atom. The maximum Gasteiger partial charge on any atom is 0.109 e. The molecule has 0 aliphatic rings. The molecule has 0 aliphatic carbocycles. The van der Waals surface area contributed by atoms with E-state index in [0.717, 1.165) is 0 Å². The number of nitrogens with two attached hydrogens (primary N) is 1. The van der Waals surface area contributed by atoms with E-state index >= 15 is 0 Å². The SMILES string of the molecule is CC(C)C(N)=NCCF. The summed E-state index contributed by atoms with van der Waals surface area (Å²) in [5, 5.41) is 0. The third-order valence-corrected chi connectivity index (χ3v) is 0.970. The van der Waals surface area contributed by atoms with Gasteiger partial charge < -0.3 is 5.73 Å². The molecule has 0 saturated heterocycles. The Morgan fingerprint density at radius 3 is 2.56 bits per heavy atom. The maximum atomic E-state index is 11.5. The molecule has 0 heterocycles. The normalized spacial score (nSPS) is 12.7. The van der Waals surface area contributed by atoms with Gasteiger partial charge in [0.15, 0.2) is 0 Å². The van der Waals surface area contributed by atoms with Crippen LogP contribution >= 0.6 is 0 Å². The van der Waals surface area contributed by atoms with E-state index in [-0.39, 0.29) is 12.5 Å². The van der Waals surface area contributed by atoms with Gasteiger partial charge in [-0.15, -0.1) is 0 Å². The van der Waals surface area contributed by atoms with Crippen LogP contribution in [0.3, 0.4) is 0 Å². The van der Waals surface area contributed by atoms with Crippen LogP contribution in [-0.4, -0.2) is 19.1 Å². The van der Waals surface area contributed by atoms with Crippen molar-refractivity contribution in [3.63, 3.8) is 0 Å². The lowest BCUT2D eigenvalue weighted by Gasteiger charge is -2.01. The third-order valence-electron chi connectivity index (χ3n) is 0.970. The fraction of sp³-hybridized carbons (Fsp3) is 0.833. The standard InChI is InChI=1S/C6H13FN2/c1-5(2)6(8)9-4-3-7/h5H,3-4H2,1-2H3,(H2,8,9). The summed E-state index contributed by atoms with van der Waals surface area (Å²) in [6, 6.07) is 0. The lowest BCUT2D eigenvalue weighted by Crippen LogP contribution is -2.19. The van der Waals surface area contributed by atoms with Gasteiger partial charge in [0.25, 0.3) is 0 Å². The predicted octanol–water partition coefficient (Wildman–Crippen LogP) is 0.969. The molecule has 0 aromatic rings. The molecule has 0 unspecified atom stereocenters. The largest absolute Gasteiger partial charge is 0.387 e.